The maximum absolute atomic E-state index is 13.0. The summed E-state index contributed by atoms with van der Waals surface area (Å²) in [5, 5.41) is 17.0. The summed E-state index contributed by atoms with van der Waals surface area (Å²) in [7, 11) is 0. The molecular formula is C20H30N4O4. The predicted molar refractivity (Wildman–Crippen MR) is 103 cm³/mol. The average molecular weight is 390 g/mol. The summed E-state index contributed by atoms with van der Waals surface area (Å²) < 4.78 is 1.57. The molecule has 8 heteroatoms. The number of amides is 2. The molecule has 1 saturated heterocycles. The number of carbonyl (C=O) groups excluding carboxylic acids is 3. The summed E-state index contributed by atoms with van der Waals surface area (Å²) in [5.74, 6) is 0.0539. The molecule has 1 atom stereocenters. The summed E-state index contributed by atoms with van der Waals surface area (Å²) in [6, 6.07) is 1.01. The van der Waals surface area contributed by atoms with E-state index in [1.165, 1.54) is 11.3 Å². The largest absolute Gasteiger partial charge is 0.389 e. The minimum Gasteiger partial charge on any atom is -0.389 e. The summed E-state index contributed by atoms with van der Waals surface area (Å²) in [6.07, 6.45) is 7.77. The van der Waals surface area contributed by atoms with Gasteiger partial charge in [0.2, 0.25) is 11.8 Å². The standard InChI is InChI=1S/C20H30N4O4/c1-20(2,28)13-23-9-8-17(22-23)21-19(27)16(10-14-6-4-3-5-7-14)24-12-15(25)11-18(24)26/h8-9,14,16,28H,3-7,10-13H2,1-2H3,(H,21,22,27). The molecule has 0 radical (unpaired) electrons. The topological polar surface area (TPSA) is 105 Å². The fourth-order valence-corrected chi connectivity index (χ4v) is 4.13. The summed E-state index contributed by atoms with van der Waals surface area (Å²) in [5.41, 5.74) is -0.918. The highest BCUT2D eigenvalue weighted by molar-refractivity contribution is 6.08. The van der Waals surface area contributed by atoms with Crippen LogP contribution in [0.5, 0.6) is 0 Å². The second kappa shape index (κ2) is 8.43. The molecule has 0 aromatic carbocycles. The third kappa shape index (κ3) is 5.41. The number of hydrogen-bond donors (Lipinski definition) is 2. The van der Waals surface area contributed by atoms with E-state index in [0.717, 1.165) is 25.7 Å². The van der Waals surface area contributed by atoms with E-state index in [0.29, 0.717) is 24.7 Å². The maximum Gasteiger partial charge on any atom is 0.248 e. The van der Waals surface area contributed by atoms with Crippen molar-refractivity contribution in [3.8, 4) is 0 Å². The maximum atomic E-state index is 13.0. The molecule has 3 rings (SSSR count). The van der Waals surface area contributed by atoms with Crippen molar-refractivity contribution in [1.82, 2.24) is 14.7 Å². The first kappa shape index (κ1) is 20.5. The van der Waals surface area contributed by atoms with Gasteiger partial charge in [0.25, 0.3) is 0 Å². The van der Waals surface area contributed by atoms with Gasteiger partial charge in [0.05, 0.1) is 25.1 Å². The van der Waals surface area contributed by atoms with Crippen molar-refractivity contribution in [3.05, 3.63) is 12.3 Å². The fraction of sp³-hybridized carbons (Fsp3) is 0.700. The monoisotopic (exact) mass is 390 g/mol. The van der Waals surface area contributed by atoms with Crippen molar-refractivity contribution in [3.63, 3.8) is 0 Å². The van der Waals surface area contributed by atoms with Gasteiger partial charge in [-0.05, 0) is 26.2 Å². The van der Waals surface area contributed by atoms with Crippen molar-refractivity contribution in [1.29, 1.82) is 0 Å². The van der Waals surface area contributed by atoms with Crippen molar-refractivity contribution < 1.29 is 19.5 Å². The first-order chi connectivity index (χ1) is 13.2. The van der Waals surface area contributed by atoms with E-state index in [-0.39, 0.29) is 30.6 Å². The third-order valence-electron chi connectivity index (χ3n) is 5.42. The number of anilines is 1. The number of nitrogens with one attached hydrogen (secondary N) is 1. The Morgan fingerprint density at radius 2 is 2.04 bits per heavy atom. The van der Waals surface area contributed by atoms with Gasteiger partial charge in [-0.2, -0.15) is 5.10 Å². The molecule has 1 aromatic rings. The Balaban J connectivity index is 1.70. The lowest BCUT2D eigenvalue weighted by molar-refractivity contribution is -0.136. The third-order valence-corrected chi connectivity index (χ3v) is 5.42. The molecule has 2 amide bonds. The first-order valence-electron chi connectivity index (χ1n) is 10.1. The van der Waals surface area contributed by atoms with Crippen LogP contribution in [0, 0.1) is 5.92 Å². The Kier molecular flexibility index (Phi) is 6.17. The number of carbonyl (C=O) groups is 3. The lowest BCUT2D eigenvalue weighted by atomic mass is 9.84. The number of aliphatic hydroxyl groups is 1. The second-order valence-corrected chi connectivity index (χ2v) is 8.69. The van der Waals surface area contributed by atoms with Crippen molar-refractivity contribution >= 4 is 23.4 Å². The number of ketones is 1. The van der Waals surface area contributed by atoms with Gasteiger partial charge >= 0.3 is 0 Å². The van der Waals surface area contributed by atoms with Crippen molar-refractivity contribution in [2.45, 2.75) is 77.0 Å². The zero-order valence-electron chi connectivity index (χ0n) is 16.7. The van der Waals surface area contributed by atoms with Crippen LogP contribution in [-0.2, 0) is 20.9 Å². The van der Waals surface area contributed by atoms with Gasteiger partial charge in [0.1, 0.15) is 6.04 Å². The van der Waals surface area contributed by atoms with Gasteiger partial charge in [-0.1, -0.05) is 32.1 Å². The smallest absolute Gasteiger partial charge is 0.248 e. The molecule has 1 aliphatic carbocycles. The quantitative estimate of drug-likeness (QED) is 0.690. The number of likely N-dealkylation sites (tertiary alicyclic amines) is 1. The van der Waals surface area contributed by atoms with Gasteiger partial charge in [0, 0.05) is 12.3 Å². The van der Waals surface area contributed by atoms with Crippen LogP contribution in [-0.4, -0.2) is 55.6 Å². The zero-order chi connectivity index (χ0) is 20.3. The molecule has 0 bridgehead atoms. The first-order valence-corrected chi connectivity index (χ1v) is 10.1. The second-order valence-electron chi connectivity index (χ2n) is 8.69. The molecule has 1 unspecified atom stereocenters. The highest BCUT2D eigenvalue weighted by Gasteiger charge is 2.38. The molecule has 1 aliphatic heterocycles. The minimum atomic E-state index is -0.918. The van der Waals surface area contributed by atoms with Crippen LogP contribution in [0.2, 0.25) is 0 Å². The molecule has 2 aliphatic rings. The van der Waals surface area contributed by atoms with E-state index in [2.05, 4.69) is 10.4 Å². The molecule has 154 valence electrons. The van der Waals surface area contributed by atoms with Gasteiger partial charge in [-0.15, -0.1) is 0 Å². The summed E-state index contributed by atoms with van der Waals surface area (Å²) in [6.45, 7) is 3.68. The van der Waals surface area contributed by atoms with Crippen LogP contribution < -0.4 is 5.32 Å². The molecule has 1 saturated carbocycles. The van der Waals surface area contributed by atoms with E-state index in [1.54, 1.807) is 30.8 Å². The van der Waals surface area contributed by atoms with Gasteiger partial charge in [-0.3, -0.25) is 19.1 Å². The predicted octanol–water partition coefficient (Wildman–Crippen LogP) is 1.73. The molecule has 2 heterocycles. The molecule has 1 aromatic heterocycles. The molecule has 28 heavy (non-hydrogen) atoms. The van der Waals surface area contributed by atoms with Crippen LogP contribution in [0.15, 0.2) is 12.3 Å². The van der Waals surface area contributed by atoms with Crippen LogP contribution >= 0.6 is 0 Å². The molecule has 8 nitrogen and oxygen atoms in total. The number of Topliss-reactive ketones (excluding diaryl/α,β-unsaturated/α-hetero) is 1. The summed E-state index contributed by atoms with van der Waals surface area (Å²) in [4.78, 5) is 38.4. The van der Waals surface area contributed by atoms with Crippen molar-refractivity contribution in [2.75, 3.05) is 11.9 Å². The van der Waals surface area contributed by atoms with Gasteiger partial charge in [-0.25, -0.2) is 0 Å². The Morgan fingerprint density at radius 3 is 2.64 bits per heavy atom. The fourth-order valence-electron chi connectivity index (χ4n) is 4.13. The summed E-state index contributed by atoms with van der Waals surface area (Å²) >= 11 is 0. The lowest BCUT2D eigenvalue weighted by Crippen LogP contribution is -2.46. The van der Waals surface area contributed by atoms with E-state index in [1.807, 2.05) is 0 Å². The van der Waals surface area contributed by atoms with Gasteiger partial charge < -0.3 is 15.3 Å². The van der Waals surface area contributed by atoms with Gasteiger partial charge in [0.15, 0.2) is 11.6 Å². The normalized spacial score (nSPS) is 19.9. The van der Waals surface area contributed by atoms with E-state index in [9.17, 15) is 19.5 Å². The molecule has 2 fully saturated rings. The highest BCUT2D eigenvalue weighted by atomic mass is 16.3. The molecule has 2 N–H and O–H groups in total. The highest BCUT2D eigenvalue weighted by Crippen LogP contribution is 2.30. The van der Waals surface area contributed by atoms with E-state index in [4.69, 9.17) is 0 Å². The van der Waals surface area contributed by atoms with Crippen LogP contribution in [0.25, 0.3) is 0 Å². The van der Waals surface area contributed by atoms with Crippen molar-refractivity contribution in [2.24, 2.45) is 5.92 Å². The van der Waals surface area contributed by atoms with E-state index >= 15 is 0 Å². The van der Waals surface area contributed by atoms with Crippen LogP contribution in [0.4, 0.5) is 5.82 Å². The Hall–Kier alpha value is -2.22. The molecular weight excluding hydrogens is 360 g/mol. The number of rotatable bonds is 7. The minimum absolute atomic E-state index is 0.0107. The SMILES string of the molecule is CC(C)(O)Cn1ccc(NC(=O)C(CC2CCCCC2)N2CC(=O)CC2=O)n1. The number of nitrogens with zero attached hydrogens (tertiary/aromatic N) is 3. The Morgan fingerprint density at radius 1 is 1.32 bits per heavy atom. The van der Waals surface area contributed by atoms with Crippen LogP contribution in [0.3, 0.4) is 0 Å². The zero-order valence-corrected chi connectivity index (χ0v) is 16.7. The number of aromatic nitrogens is 2. The van der Waals surface area contributed by atoms with E-state index < -0.39 is 11.6 Å². The molecule has 0 spiro atoms. The average Bonchev–Trinajstić information content (AvgIpc) is 3.17. The van der Waals surface area contributed by atoms with Crippen LogP contribution in [0.1, 0.15) is 58.8 Å². The number of hydrogen-bond acceptors (Lipinski definition) is 5. The Labute approximate surface area is 165 Å². The lowest BCUT2D eigenvalue weighted by Gasteiger charge is -2.31. The Bertz CT molecular complexity index is 731.